The summed E-state index contributed by atoms with van der Waals surface area (Å²) >= 11 is 0. The van der Waals surface area contributed by atoms with E-state index >= 15 is 0 Å². The third kappa shape index (κ3) is 13.2. The first-order valence-electron chi connectivity index (χ1n) is 13.8. The first kappa shape index (κ1) is 35.1. The van der Waals surface area contributed by atoms with Crippen LogP contribution in [-0.2, 0) is 47.7 Å². The van der Waals surface area contributed by atoms with Crippen LogP contribution in [0, 0.1) is 0 Å². The molecule has 0 spiro atoms. The zero-order valence-corrected chi connectivity index (χ0v) is 24.9. The molecule has 2 unspecified atom stereocenters. The van der Waals surface area contributed by atoms with Gasteiger partial charge in [0.2, 0.25) is 0 Å². The molecule has 0 aliphatic carbocycles. The number of amides is 2. The van der Waals surface area contributed by atoms with Gasteiger partial charge in [-0.1, -0.05) is 13.8 Å². The molecule has 14 heteroatoms. The van der Waals surface area contributed by atoms with E-state index in [0.29, 0.717) is 22.9 Å². The van der Waals surface area contributed by atoms with E-state index in [1.54, 1.807) is 38.1 Å². The van der Waals surface area contributed by atoms with Gasteiger partial charge >= 0.3 is 23.9 Å². The smallest absolute Gasteiger partial charge is 0.347 e. The van der Waals surface area contributed by atoms with Crippen LogP contribution < -0.4 is 20.1 Å². The first-order valence-corrected chi connectivity index (χ1v) is 13.8. The Hall–Kier alpha value is -5.14. The Morgan fingerprint density at radius 1 is 0.568 bits per heavy atom. The lowest BCUT2D eigenvalue weighted by Crippen LogP contribution is -2.30. The molecule has 238 valence electrons. The predicted molar refractivity (Wildman–Crippen MR) is 155 cm³/mol. The van der Waals surface area contributed by atoms with Crippen LogP contribution in [-0.4, -0.2) is 74.3 Å². The van der Waals surface area contributed by atoms with E-state index in [0.717, 1.165) is 0 Å². The van der Waals surface area contributed by atoms with Crippen molar-refractivity contribution in [2.75, 3.05) is 37.1 Å². The molecule has 0 aromatic heterocycles. The van der Waals surface area contributed by atoms with Crippen molar-refractivity contribution in [3.63, 3.8) is 0 Å². The summed E-state index contributed by atoms with van der Waals surface area (Å²) in [6.45, 7) is 5.01. The van der Waals surface area contributed by atoms with Crippen LogP contribution >= 0.6 is 0 Å². The Kier molecular flexibility index (Phi) is 14.7. The van der Waals surface area contributed by atoms with E-state index < -0.39 is 61.1 Å². The highest BCUT2D eigenvalue weighted by Gasteiger charge is 2.19. The van der Waals surface area contributed by atoms with E-state index in [1.807, 2.05) is 0 Å². The van der Waals surface area contributed by atoms with Crippen molar-refractivity contribution < 1.29 is 57.2 Å². The quantitative estimate of drug-likeness (QED) is 0.151. The maximum atomic E-state index is 12.2. The number of hydrogen-bond donors (Lipinski definition) is 2. The SMILES string of the molecule is CCC(=O)OCC(=O)Nc1ccc(OC(C)C(=O)OCCOC(=O)C(C)Oc2ccc(NC(=O)COC(=O)CC)cc2)cc1. The highest BCUT2D eigenvalue weighted by atomic mass is 16.6. The van der Waals surface area contributed by atoms with Crippen LogP contribution in [0.1, 0.15) is 40.5 Å². The lowest BCUT2D eigenvalue weighted by atomic mass is 10.3. The number of hydrogen-bond acceptors (Lipinski definition) is 12. The van der Waals surface area contributed by atoms with E-state index in [-0.39, 0.29) is 26.1 Å². The Bertz CT molecular complexity index is 1180. The van der Waals surface area contributed by atoms with Crippen molar-refractivity contribution in [1.82, 2.24) is 0 Å². The summed E-state index contributed by atoms with van der Waals surface area (Å²) in [6.07, 6.45) is -1.60. The van der Waals surface area contributed by atoms with Crippen molar-refractivity contribution in [2.45, 2.75) is 52.7 Å². The molecule has 2 N–H and O–H groups in total. The molecule has 0 aliphatic heterocycles. The summed E-state index contributed by atoms with van der Waals surface area (Å²) < 4.78 is 30.8. The first-order chi connectivity index (χ1) is 21.0. The van der Waals surface area contributed by atoms with E-state index in [4.69, 9.17) is 28.4 Å². The van der Waals surface area contributed by atoms with Gasteiger partial charge in [0.05, 0.1) is 0 Å². The Labute approximate surface area is 254 Å². The number of benzene rings is 2. The van der Waals surface area contributed by atoms with Gasteiger partial charge in [0.25, 0.3) is 11.8 Å². The second-order valence-electron chi connectivity index (χ2n) is 9.03. The lowest BCUT2D eigenvalue weighted by molar-refractivity contribution is -0.159. The fraction of sp³-hybridized carbons (Fsp3) is 0.400. The average Bonchev–Trinajstić information content (AvgIpc) is 3.02. The summed E-state index contributed by atoms with van der Waals surface area (Å²) in [5.41, 5.74) is 0.887. The number of esters is 4. The topological polar surface area (TPSA) is 182 Å². The maximum absolute atomic E-state index is 12.2. The molecule has 2 aromatic carbocycles. The van der Waals surface area contributed by atoms with Gasteiger partial charge in [0, 0.05) is 24.2 Å². The van der Waals surface area contributed by atoms with Gasteiger partial charge in [-0.15, -0.1) is 0 Å². The summed E-state index contributed by atoms with van der Waals surface area (Å²) in [4.78, 5) is 70.4. The van der Waals surface area contributed by atoms with Gasteiger partial charge in [-0.3, -0.25) is 19.2 Å². The molecule has 2 amide bonds. The third-order valence-electron chi connectivity index (χ3n) is 5.44. The molecule has 44 heavy (non-hydrogen) atoms. The Balaban J connectivity index is 1.66. The van der Waals surface area contributed by atoms with Crippen LogP contribution in [0.3, 0.4) is 0 Å². The molecular weight excluding hydrogens is 580 g/mol. The number of rotatable bonds is 17. The molecule has 2 atom stereocenters. The number of carbonyl (C=O) groups is 6. The number of nitrogens with one attached hydrogen (secondary N) is 2. The van der Waals surface area contributed by atoms with Gasteiger partial charge < -0.3 is 39.1 Å². The normalized spacial score (nSPS) is 11.6. The molecule has 0 saturated heterocycles. The molecule has 0 bridgehead atoms. The van der Waals surface area contributed by atoms with Crippen molar-refractivity contribution in [3.8, 4) is 11.5 Å². The maximum Gasteiger partial charge on any atom is 0.347 e. The molecule has 0 radical (unpaired) electrons. The minimum atomic E-state index is -0.971. The zero-order chi connectivity index (χ0) is 32.5. The lowest BCUT2D eigenvalue weighted by Gasteiger charge is -2.16. The van der Waals surface area contributed by atoms with Crippen molar-refractivity contribution >= 4 is 47.1 Å². The van der Waals surface area contributed by atoms with Crippen LogP contribution in [0.15, 0.2) is 48.5 Å². The van der Waals surface area contributed by atoms with Crippen LogP contribution in [0.4, 0.5) is 11.4 Å². The van der Waals surface area contributed by atoms with Gasteiger partial charge in [0.15, 0.2) is 25.4 Å². The highest BCUT2D eigenvalue weighted by molar-refractivity contribution is 5.93. The molecule has 2 aromatic rings. The molecule has 2 rings (SSSR count). The molecular formula is C30H36N2O12. The standard InChI is InChI=1S/C30H36N2O12/c1-5-27(35)41-17-25(33)31-21-7-11-23(12-8-21)43-19(3)29(37)39-15-16-40-30(38)20(4)44-24-13-9-22(10-14-24)32-26(34)18-42-28(36)6-2/h7-14,19-20H,5-6,15-18H2,1-4H3,(H,31,33)(H,32,34). The summed E-state index contributed by atoms with van der Waals surface area (Å²) in [5.74, 6) is -2.63. The van der Waals surface area contributed by atoms with Gasteiger partial charge in [-0.25, -0.2) is 9.59 Å². The molecule has 0 saturated carbocycles. The van der Waals surface area contributed by atoms with Gasteiger partial charge in [-0.2, -0.15) is 0 Å². The number of anilines is 2. The van der Waals surface area contributed by atoms with E-state index in [2.05, 4.69) is 10.6 Å². The third-order valence-corrected chi connectivity index (χ3v) is 5.44. The van der Waals surface area contributed by atoms with Gasteiger partial charge in [0.1, 0.15) is 24.7 Å². The fourth-order valence-electron chi connectivity index (χ4n) is 3.15. The summed E-state index contributed by atoms with van der Waals surface area (Å²) in [6, 6.07) is 12.4. The van der Waals surface area contributed by atoms with Crippen molar-refractivity contribution in [1.29, 1.82) is 0 Å². The van der Waals surface area contributed by atoms with Crippen LogP contribution in [0.25, 0.3) is 0 Å². The molecule has 0 fully saturated rings. The number of carbonyl (C=O) groups excluding carboxylic acids is 6. The van der Waals surface area contributed by atoms with Crippen LogP contribution in [0.2, 0.25) is 0 Å². The summed E-state index contributed by atoms with van der Waals surface area (Å²) in [7, 11) is 0. The molecule has 14 nitrogen and oxygen atoms in total. The van der Waals surface area contributed by atoms with Gasteiger partial charge in [-0.05, 0) is 62.4 Å². The van der Waals surface area contributed by atoms with E-state index in [1.165, 1.54) is 38.1 Å². The second-order valence-corrected chi connectivity index (χ2v) is 9.03. The summed E-state index contributed by atoms with van der Waals surface area (Å²) in [5, 5.41) is 5.13. The largest absolute Gasteiger partial charge is 0.479 e. The Morgan fingerprint density at radius 2 is 0.909 bits per heavy atom. The highest BCUT2D eigenvalue weighted by Crippen LogP contribution is 2.18. The average molecular weight is 617 g/mol. The minimum absolute atomic E-state index is 0.170. The molecule has 0 heterocycles. The fourth-order valence-corrected chi connectivity index (χ4v) is 3.15. The predicted octanol–water partition coefficient (Wildman–Crippen LogP) is 2.79. The van der Waals surface area contributed by atoms with E-state index in [9.17, 15) is 28.8 Å². The van der Waals surface area contributed by atoms with Crippen molar-refractivity contribution in [2.24, 2.45) is 0 Å². The monoisotopic (exact) mass is 616 g/mol. The van der Waals surface area contributed by atoms with Crippen LogP contribution in [0.5, 0.6) is 11.5 Å². The number of ether oxygens (including phenoxy) is 6. The Morgan fingerprint density at radius 3 is 1.23 bits per heavy atom. The zero-order valence-electron chi connectivity index (χ0n) is 24.9. The van der Waals surface area contributed by atoms with Crippen molar-refractivity contribution in [3.05, 3.63) is 48.5 Å². The second kappa shape index (κ2) is 18.4. The molecule has 0 aliphatic rings. The minimum Gasteiger partial charge on any atom is -0.479 e.